The minimum Gasteiger partial charge on any atom is -1.00 e. The Hall–Kier alpha value is -2.35. The van der Waals surface area contributed by atoms with Crippen LogP contribution in [0, 0.1) is 0 Å². The second-order valence-corrected chi connectivity index (χ2v) is 5.50. The molecule has 2 aromatic carbocycles. The van der Waals surface area contributed by atoms with Crippen molar-refractivity contribution in [1.82, 2.24) is 5.10 Å². The van der Waals surface area contributed by atoms with Crippen LogP contribution in [0.15, 0.2) is 60.9 Å². The summed E-state index contributed by atoms with van der Waals surface area (Å²) < 4.78 is 1.60. The number of aromatic nitrogens is 2. The van der Waals surface area contributed by atoms with Gasteiger partial charge >= 0.3 is 0 Å². The van der Waals surface area contributed by atoms with Crippen molar-refractivity contribution in [3.05, 3.63) is 66.5 Å². The van der Waals surface area contributed by atoms with Crippen molar-refractivity contribution in [2.24, 2.45) is 0 Å². The van der Waals surface area contributed by atoms with Gasteiger partial charge in [0.25, 0.3) is 12.5 Å². The fraction of sp³-hybridized carbons (Fsp3) is 0.158. The summed E-state index contributed by atoms with van der Waals surface area (Å²) in [5, 5.41) is 9.12. The van der Waals surface area contributed by atoms with Crippen LogP contribution in [0.5, 0.6) is 0 Å². The summed E-state index contributed by atoms with van der Waals surface area (Å²) in [6, 6.07) is 14.8. The highest BCUT2D eigenvalue weighted by atomic mass is 127. The Bertz CT molecular complexity index is 895. The number of fused-ring (bicyclic) bond motifs is 1. The van der Waals surface area contributed by atoms with Gasteiger partial charge in [-0.1, -0.05) is 29.8 Å². The molecule has 0 fully saturated rings. The van der Waals surface area contributed by atoms with E-state index in [4.69, 9.17) is 0 Å². The largest absolute Gasteiger partial charge is 1.00 e. The van der Waals surface area contributed by atoms with Crippen molar-refractivity contribution >= 4 is 28.2 Å². The normalized spacial score (nSPS) is 10.1. The van der Waals surface area contributed by atoms with Gasteiger partial charge in [-0.25, -0.2) is 0 Å². The number of benzene rings is 2. The standard InChI is InChI=1S/C19H17N3O2.HI/c1-2-18(23)14-7-9-17(10-8-14)21-19(24)13-22-12-16-6-4-3-5-15(16)11-20-22;/h3-12H,2,13H2,1H3;1H. The van der Waals surface area contributed by atoms with Gasteiger partial charge < -0.3 is 29.3 Å². The number of carbonyl (C=O) groups is 2. The lowest BCUT2D eigenvalue weighted by Crippen LogP contribution is -3.00. The molecule has 5 nitrogen and oxygen atoms in total. The smallest absolute Gasteiger partial charge is 0.292 e. The molecule has 1 aromatic heterocycles. The van der Waals surface area contributed by atoms with Crippen LogP contribution in [-0.2, 0) is 11.3 Å². The molecule has 0 spiro atoms. The molecule has 0 aliphatic rings. The lowest BCUT2D eigenvalue weighted by molar-refractivity contribution is -0.740. The van der Waals surface area contributed by atoms with Gasteiger partial charge in [0.05, 0.1) is 0 Å². The second kappa shape index (κ2) is 8.66. The Morgan fingerprint density at radius 3 is 2.40 bits per heavy atom. The van der Waals surface area contributed by atoms with Gasteiger partial charge in [-0.05, 0) is 35.4 Å². The van der Waals surface area contributed by atoms with Gasteiger partial charge in [0.1, 0.15) is 6.20 Å². The van der Waals surface area contributed by atoms with Crippen molar-refractivity contribution < 1.29 is 38.2 Å². The van der Waals surface area contributed by atoms with Gasteiger partial charge in [0, 0.05) is 28.4 Å². The predicted molar refractivity (Wildman–Crippen MR) is 91.6 cm³/mol. The average molecular weight is 447 g/mol. The Labute approximate surface area is 163 Å². The molecular formula is C19H18IN3O2. The zero-order valence-electron chi connectivity index (χ0n) is 13.8. The van der Waals surface area contributed by atoms with E-state index in [0.717, 1.165) is 10.8 Å². The van der Waals surface area contributed by atoms with Gasteiger partial charge in [-0.3, -0.25) is 9.59 Å². The molecule has 1 N–H and O–H groups in total. The van der Waals surface area contributed by atoms with Gasteiger partial charge in [-0.2, -0.15) is 0 Å². The number of ketones is 1. The summed E-state index contributed by atoms with van der Waals surface area (Å²) >= 11 is 0. The fourth-order valence-corrected chi connectivity index (χ4v) is 2.45. The number of anilines is 1. The van der Waals surface area contributed by atoms with E-state index in [0.29, 0.717) is 17.7 Å². The van der Waals surface area contributed by atoms with E-state index in [1.807, 2.05) is 37.4 Å². The number of Topliss-reactive ketones (excluding diaryl/α,β-unsaturated/α-hetero) is 1. The van der Waals surface area contributed by atoms with Gasteiger partial charge in [0.15, 0.2) is 5.78 Å². The number of nitrogens with zero attached hydrogens (tertiary/aromatic N) is 2. The quantitative estimate of drug-likeness (QED) is 0.334. The number of rotatable bonds is 5. The van der Waals surface area contributed by atoms with Crippen LogP contribution < -0.4 is 34.0 Å². The van der Waals surface area contributed by atoms with E-state index < -0.39 is 0 Å². The van der Waals surface area contributed by atoms with Crippen LogP contribution in [-0.4, -0.2) is 16.8 Å². The van der Waals surface area contributed by atoms with Crippen molar-refractivity contribution in [1.29, 1.82) is 0 Å². The molecule has 3 rings (SSSR count). The fourth-order valence-electron chi connectivity index (χ4n) is 2.45. The minimum atomic E-state index is -0.169. The highest BCUT2D eigenvalue weighted by molar-refractivity contribution is 5.97. The first-order valence-corrected chi connectivity index (χ1v) is 7.83. The summed E-state index contributed by atoms with van der Waals surface area (Å²) in [6.45, 7) is 1.95. The average Bonchev–Trinajstić information content (AvgIpc) is 2.61. The third-order valence-electron chi connectivity index (χ3n) is 3.75. The summed E-state index contributed by atoms with van der Waals surface area (Å²) in [5.41, 5.74) is 1.31. The molecule has 0 radical (unpaired) electrons. The van der Waals surface area contributed by atoms with Crippen LogP contribution in [0.3, 0.4) is 0 Å². The lowest BCUT2D eigenvalue weighted by atomic mass is 10.1. The summed E-state index contributed by atoms with van der Waals surface area (Å²) in [6.07, 6.45) is 4.06. The highest BCUT2D eigenvalue weighted by Gasteiger charge is 2.12. The Morgan fingerprint density at radius 1 is 1.04 bits per heavy atom. The van der Waals surface area contributed by atoms with E-state index >= 15 is 0 Å². The summed E-state index contributed by atoms with van der Waals surface area (Å²) in [4.78, 5) is 23.8. The SMILES string of the molecule is CCC(=O)c1ccc(NC(=O)C[n+]2cc3ccccc3cn2)cc1.[I-]. The van der Waals surface area contributed by atoms with Crippen LogP contribution in [0.25, 0.3) is 10.8 Å². The maximum absolute atomic E-state index is 12.2. The summed E-state index contributed by atoms with van der Waals surface area (Å²) in [7, 11) is 0. The molecule has 0 unspecified atom stereocenters. The van der Waals surface area contributed by atoms with E-state index in [9.17, 15) is 9.59 Å². The van der Waals surface area contributed by atoms with Crippen LogP contribution >= 0.6 is 0 Å². The molecule has 0 aliphatic carbocycles. The highest BCUT2D eigenvalue weighted by Crippen LogP contribution is 2.11. The molecule has 0 saturated carbocycles. The number of amides is 1. The predicted octanol–water partition coefficient (Wildman–Crippen LogP) is -0.242. The first-order valence-electron chi connectivity index (χ1n) is 7.83. The molecule has 6 heteroatoms. The molecule has 3 aromatic rings. The third kappa shape index (κ3) is 4.82. The summed E-state index contributed by atoms with van der Waals surface area (Å²) in [5.74, 6) is -0.0823. The van der Waals surface area contributed by atoms with Crippen LogP contribution in [0.1, 0.15) is 23.7 Å². The number of nitrogens with one attached hydrogen (secondary N) is 1. The maximum atomic E-state index is 12.2. The lowest BCUT2D eigenvalue weighted by Gasteiger charge is -2.04. The van der Waals surface area contributed by atoms with Gasteiger partial charge in [0.2, 0.25) is 6.20 Å². The van der Waals surface area contributed by atoms with E-state index in [1.165, 1.54) is 0 Å². The Morgan fingerprint density at radius 2 is 1.72 bits per heavy atom. The van der Waals surface area contributed by atoms with Crippen molar-refractivity contribution in [2.45, 2.75) is 19.9 Å². The molecule has 0 aliphatic heterocycles. The molecule has 1 heterocycles. The van der Waals surface area contributed by atoms with Crippen molar-refractivity contribution in [2.75, 3.05) is 5.32 Å². The zero-order valence-corrected chi connectivity index (χ0v) is 15.9. The van der Waals surface area contributed by atoms with Gasteiger partial charge in [-0.15, -0.1) is 0 Å². The van der Waals surface area contributed by atoms with Crippen molar-refractivity contribution in [3.63, 3.8) is 0 Å². The van der Waals surface area contributed by atoms with Crippen LogP contribution in [0.4, 0.5) is 5.69 Å². The van der Waals surface area contributed by atoms with E-state index in [2.05, 4.69) is 10.4 Å². The zero-order chi connectivity index (χ0) is 16.9. The number of halogens is 1. The maximum Gasteiger partial charge on any atom is 0.292 e. The third-order valence-corrected chi connectivity index (χ3v) is 3.75. The molecule has 1 amide bonds. The second-order valence-electron chi connectivity index (χ2n) is 5.50. The van der Waals surface area contributed by atoms with Crippen molar-refractivity contribution in [3.8, 4) is 0 Å². The first-order chi connectivity index (χ1) is 11.7. The number of hydrogen-bond acceptors (Lipinski definition) is 3. The molecule has 25 heavy (non-hydrogen) atoms. The minimum absolute atomic E-state index is 0. The monoisotopic (exact) mass is 447 g/mol. The number of hydrogen-bond donors (Lipinski definition) is 1. The molecule has 0 atom stereocenters. The van der Waals surface area contributed by atoms with E-state index in [1.54, 1.807) is 35.1 Å². The molecule has 128 valence electrons. The Kier molecular flexibility index (Phi) is 6.58. The molecule has 0 saturated heterocycles. The molecule has 0 bridgehead atoms. The molecular weight excluding hydrogens is 429 g/mol. The number of carbonyl (C=O) groups excluding carboxylic acids is 2. The Balaban J connectivity index is 0.00000225. The topological polar surface area (TPSA) is 62.9 Å². The first kappa shape index (κ1) is 19.0. The van der Waals surface area contributed by atoms with E-state index in [-0.39, 0.29) is 42.2 Å². The van der Waals surface area contributed by atoms with Crippen LogP contribution in [0.2, 0.25) is 0 Å².